The number of fused-ring (bicyclic) bond motifs is 1. The molecular formula is C24H25N5O3. The standard InChI is InChI=1S/C24H25N5O3/c30-23(27-11-17-3-4-21-22(10-17)32-16-31-21)14-29-9-1-2-19(13-29)24-20(12-26-15-28-24)18-5-7-25-8-6-18/h3-8,10,12,15,19H,1-2,9,11,13-14,16H2,(H,27,30)/t19-/m0/s1. The lowest BCUT2D eigenvalue weighted by Crippen LogP contribution is -2.42. The third-order valence-corrected chi connectivity index (χ3v) is 5.92. The molecule has 1 aromatic carbocycles. The lowest BCUT2D eigenvalue weighted by atomic mass is 9.90. The van der Waals surface area contributed by atoms with E-state index in [1.807, 2.05) is 36.5 Å². The maximum Gasteiger partial charge on any atom is 0.234 e. The van der Waals surface area contributed by atoms with Crippen molar-refractivity contribution in [2.45, 2.75) is 25.3 Å². The summed E-state index contributed by atoms with van der Waals surface area (Å²) in [6.45, 7) is 2.79. The summed E-state index contributed by atoms with van der Waals surface area (Å²) < 4.78 is 10.7. The van der Waals surface area contributed by atoms with Crippen LogP contribution in [0.2, 0.25) is 0 Å². The molecule has 1 amide bonds. The van der Waals surface area contributed by atoms with Crippen molar-refractivity contribution < 1.29 is 14.3 Å². The average molecular weight is 431 g/mol. The first-order valence-electron chi connectivity index (χ1n) is 10.8. The second-order valence-corrected chi connectivity index (χ2v) is 8.10. The highest BCUT2D eigenvalue weighted by Gasteiger charge is 2.26. The first kappa shape index (κ1) is 20.4. The van der Waals surface area contributed by atoms with Gasteiger partial charge in [-0.3, -0.25) is 14.7 Å². The summed E-state index contributed by atoms with van der Waals surface area (Å²) in [7, 11) is 0. The summed E-state index contributed by atoms with van der Waals surface area (Å²) >= 11 is 0. The molecule has 164 valence electrons. The van der Waals surface area contributed by atoms with Crippen molar-refractivity contribution in [1.82, 2.24) is 25.2 Å². The van der Waals surface area contributed by atoms with Gasteiger partial charge >= 0.3 is 0 Å². The van der Waals surface area contributed by atoms with Gasteiger partial charge in [-0.25, -0.2) is 9.97 Å². The summed E-state index contributed by atoms with van der Waals surface area (Å²) in [5, 5.41) is 3.02. The fourth-order valence-electron chi connectivity index (χ4n) is 4.35. The number of likely N-dealkylation sites (tertiary alicyclic amines) is 1. The predicted molar refractivity (Wildman–Crippen MR) is 118 cm³/mol. The van der Waals surface area contributed by atoms with Gasteiger partial charge in [0, 0.05) is 43.2 Å². The first-order chi connectivity index (χ1) is 15.8. The van der Waals surface area contributed by atoms with Crippen LogP contribution < -0.4 is 14.8 Å². The zero-order chi connectivity index (χ0) is 21.8. The highest BCUT2D eigenvalue weighted by molar-refractivity contribution is 5.78. The van der Waals surface area contributed by atoms with Crippen LogP contribution in [0.4, 0.5) is 0 Å². The third-order valence-electron chi connectivity index (χ3n) is 5.92. The van der Waals surface area contributed by atoms with E-state index in [4.69, 9.17) is 9.47 Å². The van der Waals surface area contributed by atoms with Crippen LogP contribution in [-0.2, 0) is 11.3 Å². The van der Waals surface area contributed by atoms with Crippen LogP contribution >= 0.6 is 0 Å². The summed E-state index contributed by atoms with van der Waals surface area (Å²) in [6.07, 6.45) is 9.11. The van der Waals surface area contributed by atoms with Crippen molar-refractivity contribution in [2.24, 2.45) is 0 Å². The molecule has 3 aromatic rings. The van der Waals surface area contributed by atoms with Gasteiger partial charge in [0.15, 0.2) is 11.5 Å². The molecule has 1 atom stereocenters. The molecule has 8 heteroatoms. The minimum atomic E-state index is 0.0142. The molecule has 0 saturated carbocycles. The van der Waals surface area contributed by atoms with Crippen LogP contribution in [0.3, 0.4) is 0 Å². The van der Waals surface area contributed by atoms with E-state index >= 15 is 0 Å². The molecule has 2 aliphatic rings. The van der Waals surface area contributed by atoms with Crippen LogP contribution in [-0.4, -0.2) is 52.2 Å². The zero-order valence-corrected chi connectivity index (χ0v) is 17.7. The largest absolute Gasteiger partial charge is 0.454 e. The molecule has 4 heterocycles. The van der Waals surface area contributed by atoms with Gasteiger partial charge in [0.2, 0.25) is 12.7 Å². The number of aromatic nitrogens is 3. The van der Waals surface area contributed by atoms with Crippen LogP contribution in [0.15, 0.2) is 55.2 Å². The van der Waals surface area contributed by atoms with Gasteiger partial charge in [0.1, 0.15) is 6.33 Å². The molecule has 1 fully saturated rings. The highest BCUT2D eigenvalue weighted by Crippen LogP contribution is 2.33. The molecule has 8 nitrogen and oxygen atoms in total. The fourth-order valence-corrected chi connectivity index (χ4v) is 4.35. The second kappa shape index (κ2) is 9.32. The lowest BCUT2D eigenvalue weighted by Gasteiger charge is -2.32. The molecule has 2 aliphatic heterocycles. The van der Waals surface area contributed by atoms with Gasteiger partial charge in [0.25, 0.3) is 0 Å². The molecule has 5 rings (SSSR count). The number of nitrogens with one attached hydrogen (secondary N) is 1. The minimum absolute atomic E-state index is 0.0142. The number of nitrogens with zero attached hydrogens (tertiary/aromatic N) is 4. The van der Waals surface area contributed by atoms with Gasteiger partial charge in [-0.1, -0.05) is 6.07 Å². The van der Waals surface area contributed by atoms with E-state index in [1.165, 1.54) is 0 Å². The number of benzene rings is 1. The molecule has 0 bridgehead atoms. The van der Waals surface area contributed by atoms with Gasteiger partial charge < -0.3 is 14.8 Å². The number of carbonyl (C=O) groups is 1. The number of carbonyl (C=O) groups excluding carboxylic acids is 1. The van der Waals surface area contributed by atoms with E-state index in [1.54, 1.807) is 18.7 Å². The molecule has 0 radical (unpaired) electrons. The van der Waals surface area contributed by atoms with Crippen LogP contribution in [0.25, 0.3) is 11.1 Å². The molecular weight excluding hydrogens is 406 g/mol. The van der Waals surface area contributed by atoms with E-state index < -0.39 is 0 Å². The second-order valence-electron chi connectivity index (χ2n) is 8.10. The lowest BCUT2D eigenvalue weighted by molar-refractivity contribution is -0.122. The summed E-state index contributed by atoms with van der Waals surface area (Å²) in [5.74, 6) is 1.75. The third kappa shape index (κ3) is 4.55. The summed E-state index contributed by atoms with van der Waals surface area (Å²) in [6, 6.07) is 9.69. The van der Waals surface area contributed by atoms with Crippen molar-refractivity contribution in [1.29, 1.82) is 0 Å². The maximum atomic E-state index is 12.6. The SMILES string of the molecule is O=C(CN1CCC[C@H](c2ncncc2-c2ccncc2)C1)NCc1ccc2c(c1)OCO2. The van der Waals surface area contributed by atoms with Crippen LogP contribution in [0.5, 0.6) is 11.5 Å². The van der Waals surface area contributed by atoms with Gasteiger partial charge in [-0.15, -0.1) is 0 Å². The van der Waals surface area contributed by atoms with E-state index in [-0.39, 0.29) is 18.6 Å². The fraction of sp³-hybridized carbons (Fsp3) is 0.333. The Morgan fingerprint density at radius 2 is 2.00 bits per heavy atom. The number of pyridine rings is 1. The van der Waals surface area contributed by atoms with Gasteiger partial charge in [0.05, 0.1) is 12.2 Å². The Labute approximate surface area is 186 Å². The molecule has 1 N–H and O–H groups in total. The molecule has 0 spiro atoms. The van der Waals surface area contributed by atoms with E-state index in [2.05, 4.69) is 25.2 Å². The zero-order valence-electron chi connectivity index (χ0n) is 17.7. The van der Waals surface area contributed by atoms with Gasteiger partial charge in [-0.05, 0) is 54.8 Å². The predicted octanol–water partition coefficient (Wildman–Crippen LogP) is 2.76. The Morgan fingerprint density at radius 1 is 1.12 bits per heavy atom. The quantitative estimate of drug-likeness (QED) is 0.642. The molecule has 32 heavy (non-hydrogen) atoms. The Morgan fingerprint density at radius 3 is 2.91 bits per heavy atom. The van der Waals surface area contributed by atoms with Crippen LogP contribution in [0.1, 0.15) is 30.0 Å². The summed E-state index contributed by atoms with van der Waals surface area (Å²) in [5.41, 5.74) is 4.13. The average Bonchev–Trinajstić information content (AvgIpc) is 3.31. The van der Waals surface area contributed by atoms with Crippen molar-refractivity contribution >= 4 is 5.91 Å². The van der Waals surface area contributed by atoms with Crippen molar-refractivity contribution in [2.75, 3.05) is 26.4 Å². The number of piperidine rings is 1. The first-order valence-corrected chi connectivity index (χ1v) is 10.8. The molecule has 0 unspecified atom stereocenters. The number of rotatable bonds is 6. The normalized spacial score (nSPS) is 17.8. The smallest absolute Gasteiger partial charge is 0.234 e. The Balaban J connectivity index is 1.20. The number of hydrogen-bond donors (Lipinski definition) is 1. The molecule has 0 aliphatic carbocycles. The highest BCUT2D eigenvalue weighted by atomic mass is 16.7. The Kier molecular flexibility index (Phi) is 5.93. The minimum Gasteiger partial charge on any atom is -0.454 e. The topological polar surface area (TPSA) is 89.5 Å². The molecule has 2 aromatic heterocycles. The number of hydrogen-bond acceptors (Lipinski definition) is 7. The monoisotopic (exact) mass is 431 g/mol. The van der Waals surface area contributed by atoms with Crippen molar-refractivity contribution in [3.8, 4) is 22.6 Å². The van der Waals surface area contributed by atoms with E-state index in [0.717, 1.165) is 59.8 Å². The summed E-state index contributed by atoms with van der Waals surface area (Å²) in [4.78, 5) is 27.8. The van der Waals surface area contributed by atoms with Crippen LogP contribution in [0, 0.1) is 0 Å². The van der Waals surface area contributed by atoms with E-state index in [9.17, 15) is 4.79 Å². The molecule has 1 saturated heterocycles. The number of amides is 1. The maximum absolute atomic E-state index is 12.6. The van der Waals surface area contributed by atoms with Crippen molar-refractivity contribution in [3.63, 3.8) is 0 Å². The van der Waals surface area contributed by atoms with Crippen molar-refractivity contribution in [3.05, 3.63) is 66.5 Å². The Bertz CT molecular complexity index is 1090. The number of ether oxygens (including phenoxy) is 2. The Hall–Kier alpha value is -3.52. The van der Waals surface area contributed by atoms with Gasteiger partial charge in [-0.2, -0.15) is 0 Å². The van der Waals surface area contributed by atoms with E-state index in [0.29, 0.717) is 13.1 Å².